The second kappa shape index (κ2) is 4.59. The fourth-order valence-electron chi connectivity index (χ4n) is 1.10. The van der Waals surface area contributed by atoms with Crippen LogP contribution in [0.5, 0.6) is 0 Å². The summed E-state index contributed by atoms with van der Waals surface area (Å²) in [6.45, 7) is 3.67. The smallest absolute Gasteiger partial charge is 0.272 e. The summed E-state index contributed by atoms with van der Waals surface area (Å²) in [7, 11) is 1.49. The van der Waals surface area contributed by atoms with Crippen LogP contribution >= 0.6 is 0 Å². The molecular formula is C9H14N4O2. The lowest BCUT2D eigenvalue weighted by molar-refractivity contribution is 0.0912. The van der Waals surface area contributed by atoms with E-state index in [9.17, 15) is 9.59 Å². The fourth-order valence-corrected chi connectivity index (χ4v) is 1.10. The highest BCUT2D eigenvalue weighted by molar-refractivity contribution is 6.04. The average Bonchev–Trinajstić information content (AvgIpc) is 2.63. The Morgan fingerprint density at radius 3 is 2.60 bits per heavy atom. The molecule has 0 radical (unpaired) electrons. The molecule has 2 amide bonds. The van der Waals surface area contributed by atoms with E-state index in [4.69, 9.17) is 0 Å². The van der Waals surface area contributed by atoms with E-state index >= 15 is 0 Å². The summed E-state index contributed by atoms with van der Waals surface area (Å²) in [5.74, 6) is -0.716. The molecule has 6 nitrogen and oxygen atoms in total. The first kappa shape index (κ1) is 11.2. The fraction of sp³-hybridized carbons (Fsp3) is 0.444. The van der Waals surface area contributed by atoms with E-state index in [1.807, 2.05) is 13.8 Å². The first-order valence-electron chi connectivity index (χ1n) is 4.62. The van der Waals surface area contributed by atoms with Crippen molar-refractivity contribution in [3.05, 3.63) is 17.7 Å². The van der Waals surface area contributed by atoms with E-state index in [0.29, 0.717) is 0 Å². The molecule has 82 valence electrons. The topological polar surface area (TPSA) is 86.9 Å². The van der Waals surface area contributed by atoms with Crippen LogP contribution in [0.1, 0.15) is 34.8 Å². The molecule has 0 aliphatic rings. The number of nitrogens with zero attached hydrogens (tertiary/aromatic N) is 1. The number of nitrogens with one attached hydrogen (secondary N) is 3. The molecule has 0 spiro atoms. The first-order valence-corrected chi connectivity index (χ1v) is 4.62. The molecule has 1 aromatic rings. The summed E-state index contributed by atoms with van der Waals surface area (Å²) < 4.78 is 0. The number of hydrogen-bond donors (Lipinski definition) is 3. The molecule has 1 heterocycles. The SMILES string of the molecule is CNC(=O)c1[nH]cnc1C(=O)NC(C)C. The van der Waals surface area contributed by atoms with Crippen LogP contribution < -0.4 is 10.6 Å². The predicted octanol–water partition coefficient (Wildman–Crippen LogP) is -0.0925. The largest absolute Gasteiger partial charge is 0.354 e. The molecule has 1 rings (SSSR count). The van der Waals surface area contributed by atoms with Crippen molar-refractivity contribution in [2.24, 2.45) is 0 Å². The third kappa shape index (κ3) is 2.55. The van der Waals surface area contributed by atoms with Gasteiger partial charge in [0.15, 0.2) is 5.69 Å². The Hall–Kier alpha value is -1.85. The van der Waals surface area contributed by atoms with E-state index in [1.54, 1.807) is 0 Å². The van der Waals surface area contributed by atoms with Gasteiger partial charge in [-0.15, -0.1) is 0 Å². The lowest BCUT2D eigenvalue weighted by atomic mass is 10.2. The van der Waals surface area contributed by atoms with Gasteiger partial charge in [-0.3, -0.25) is 9.59 Å². The predicted molar refractivity (Wildman–Crippen MR) is 54.6 cm³/mol. The van der Waals surface area contributed by atoms with Crippen molar-refractivity contribution in [3.8, 4) is 0 Å². The number of H-pyrrole nitrogens is 1. The van der Waals surface area contributed by atoms with Gasteiger partial charge >= 0.3 is 0 Å². The highest BCUT2D eigenvalue weighted by Gasteiger charge is 2.19. The van der Waals surface area contributed by atoms with Crippen molar-refractivity contribution in [1.29, 1.82) is 0 Å². The molecule has 6 heteroatoms. The molecule has 1 aromatic heterocycles. The molecular weight excluding hydrogens is 196 g/mol. The molecule has 0 aliphatic heterocycles. The quantitative estimate of drug-likeness (QED) is 0.651. The van der Waals surface area contributed by atoms with Gasteiger partial charge in [0.25, 0.3) is 11.8 Å². The summed E-state index contributed by atoms with van der Waals surface area (Å²) in [4.78, 5) is 29.3. The molecule has 0 fully saturated rings. The monoisotopic (exact) mass is 210 g/mol. The number of hydrogen-bond acceptors (Lipinski definition) is 3. The maximum Gasteiger partial charge on any atom is 0.272 e. The first-order chi connectivity index (χ1) is 7.06. The summed E-state index contributed by atoms with van der Waals surface area (Å²) >= 11 is 0. The zero-order valence-corrected chi connectivity index (χ0v) is 8.92. The zero-order valence-electron chi connectivity index (χ0n) is 8.92. The number of amides is 2. The molecule has 0 aromatic carbocycles. The van der Waals surface area contributed by atoms with Gasteiger partial charge < -0.3 is 15.6 Å². The zero-order chi connectivity index (χ0) is 11.4. The van der Waals surface area contributed by atoms with E-state index in [-0.39, 0.29) is 29.2 Å². The summed E-state index contributed by atoms with van der Waals surface area (Å²) in [5.41, 5.74) is 0.290. The van der Waals surface area contributed by atoms with Crippen molar-refractivity contribution in [2.75, 3.05) is 7.05 Å². The molecule has 0 saturated heterocycles. The molecule has 15 heavy (non-hydrogen) atoms. The Labute approximate surface area is 87.5 Å². The second-order valence-electron chi connectivity index (χ2n) is 3.33. The molecule has 0 bridgehead atoms. The number of carbonyl (C=O) groups is 2. The van der Waals surface area contributed by atoms with Crippen molar-refractivity contribution in [1.82, 2.24) is 20.6 Å². The minimum Gasteiger partial charge on any atom is -0.354 e. The highest BCUT2D eigenvalue weighted by atomic mass is 16.2. The van der Waals surface area contributed by atoms with Gasteiger partial charge in [0, 0.05) is 13.1 Å². The van der Waals surface area contributed by atoms with Crippen molar-refractivity contribution < 1.29 is 9.59 Å². The third-order valence-electron chi connectivity index (χ3n) is 1.73. The Morgan fingerprint density at radius 1 is 1.40 bits per heavy atom. The van der Waals surface area contributed by atoms with E-state index in [1.165, 1.54) is 13.4 Å². The lowest BCUT2D eigenvalue weighted by Gasteiger charge is -2.07. The maximum atomic E-state index is 11.6. The third-order valence-corrected chi connectivity index (χ3v) is 1.73. The van der Waals surface area contributed by atoms with Crippen molar-refractivity contribution in [2.45, 2.75) is 19.9 Å². The number of aromatic amines is 1. The van der Waals surface area contributed by atoms with Crippen LogP contribution in [0.3, 0.4) is 0 Å². The van der Waals surface area contributed by atoms with Gasteiger partial charge in [0.05, 0.1) is 6.33 Å². The van der Waals surface area contributed by atoms with Crippen LogP contribution in [0.15, 0.2) is 6.33 Å². The van der Waals surface area contributed by atoms with Crippen LogP contribution in [0.2, 0.25) is 0 Å². The van der Waals surface area contributed by atoms with Gasteiger partial charge in [0.2, 0.25) is 0 Å². The van der Waals surface area contributed by atoms with E-state index < -0.39 is 0 Å². The van der Waals surface area contributed by atoms with Crippen LogP contribution in [-0.2, 0) is 0 Å². The van der Waals surface area contributed by atoms with Gasteiger partial charge in [-0.25, -0.2) is 4.98 Å². The number of aromatic nitrogens is 2. The Balaban J connectivity index is 2.90. The van der Waals surface area contributed by atoms with Crippen LogP contribution in [0.4, 0.5) is 0 Å². The maximum absolute atomic E-state index is 11.6. The van der Waals surface area contributed by atoms with Gasteiger partial charge in [-0.2, -0.15) is 0 Å². The lowest BCUT2D eigenvalue weighted by Crippen LogP contribution is -2.32. The van der Waals surface area contributed by atoms with Crippen molar-refractivity contribution >= 4 is 11.8 Å². The van der Waals surface area contributed by atoms with Crippen LogP contribution in [0.25, 0.3) is 0 Å². The summed E-state index contributed by atoms with van der Waals surface area (Å²) in [6, 6.07) is 0.00624. The standard InChI is InChI=1S/C9H14N4O2/c1-5(2)13-9(15)7-6(8(14)10-3)11-4-12-7/h4-5H,1-3H3,(H,10,14)(H,11,12)(H,13,15). The van der Waals surface area contributed by atoms with Crippen LogP contribution in [0, 0.1) is 0 Å². The second-order valence-corrected chi connectivity index (χ2v) is 3.33. The number of carbonyl (C=O) groups excluding carboxylic acids is 2. The minimum atomic E-state index is -0.360. The van der Waals surface area contributed by atoms with Gasteiger partial charge in [0.1, 0.15) is 5.69 Å². The minimum absolute atomic E-state index is 0.00624. The number of rotatable bonds is 3. The molecule has 0 unspecified atom stereocenters. The number of imidazole rings is 1. The van der Waals surface area contributed by atoms with Crippen molar-refractivity contribution in [3.63, 3.8) is 0 Å². The van der Waals surface area contributed by atoms with Gasteiger partial charge in [-0.05, 0) is 13.8 Å². The van der Waals surface area contributed by atoms with E-state index in [2.05, 4.69) is 20.6 Å². The molecule has 0 atom stereocenters. The highest BCUT2D eigenvalue weighted by Crippen LogP contribution is 2.02. The summed E-state index contributed by atoms with van der Waals surface area (Å²) in [5, 5.41) is 5.09. The normalized spacial score (nSPS) is 10.1. The Bertz CT molecular complexity index is 370. The van der Waals surface area contributed by atoms with E-state index in [0.717, 1.165) is 0 Å². The Kier molecular flexibility index (Phi) is 3.43. The average molecular weight is 210 g/mol. The Morgan fingerprint density at radius 2 is 2.07 bits per heavy atom. The molecule has 0 saturated carbocycles. The molecule has 0 aliphatic carbocycles. The molecule has 3 N–H and O–H groups in total. The summed E-state index contributed by atoms with van der Waals surface area (Å²) in [6.07, 6.45) is 1.32. The van der Waals surface area contributed by atoms with Crippen LogP contribution in [-0.4, -0.2) is 34.9 Å². The van der Waals surface area contributed by atoms with Gasteiger partial charge in [-0.1, -0.05) is 0 Å².